The van der Waals surface area contributed by atoms with Crippen LogP contribution in [0.5, 0.6) is 0 Å². The molecular formula is C11H24N4O. The van der Waals surface area contributed by atoms with Crippen LogP contribution in [0.2, 0.25) is 0 Å². The first-order chi connectivity index (χ1) is 7.37. The molecule has 0 amide bonds. The highest BCUT2D eigenvalue weighted by Crippen LogP contribution is 2.41. The molecule has 5 nitrogen and oxygen atoms in total. The van der Waals surface area contributed by atoms with Crippen molar-refractivity contribution in [3.63, 3.8) is 0 Å². The fourth-order valence-corrected chi connectivity index (χ4v) is 2.32. The van der Waals surface area contributed by atoms with Gasteiger partial charge in [-0.25, -0.2) is 5.84 Å². The maximum Gasteiger partial charge on any atom is 0.0840 e. The third-order valence-electron chi connectivity index (χ3n) is 3.78. The van der Waals surface area contributed by atoms with E-state index >= 15 is 0 Å². The average Bonchev–Trinajstić information content (AvgIpc) is 2.44. The van der Waals surface area contributed by atoms with Gasteiger partial charge in [-0.3, -0.25) is 0 Å². The van der Waals surface area contributed by atoms with Crippen molar-refractivity contribution in [2.45, 2.75) is 32.7 Å². The molecule has 0 aromatic carbocycles. The van der Waals surface area contributed by atoms with Gasteiger partial charge < -0.3 is 21.6 Å². The van der Waals surface area contributed by atoms with E-state index in [9.17, 15) is 0 Å². The topological polar surface area (TPSA) is 102 Å². The normalized spacial score (nSPS) is 29.4. The van der Waals surface area contributed by atoms with E-state index in [1.54, 1.807) is 11.2 Å². The fourth-order valence-electron chi connectivity index (χ4n) is 2.32. The van der Waals surface area contributed by atoms with Crippen molar-refractivity contribution >= 4 is 0 Å². The SMILES string of the molecule is CC1(C)[C@@H](CN(N)/C=C(\N)CO)CC[C@H]1N. The maximum atomic E-state index is 8.79. The maximum absolute atomic E-state index is 8.79. The molecule has 1 fully saturated rings. The van der Waals surface area contributed by atoms with Gasteiger partial charge in [-0.2, -0.15) is 0 Å². The van der Waals surface area contributed by atoms with Gasteiger partial charge in [-0.1, -0.05) is 13.8 Å². The molecule has 0 radical (unpaired) electrons. The number of nitrogens with zero attached hydrogens (tertiary/aromatic N) is 1. The summed E-state index contributed by atoms with van der Waals surface area (Å²) in [6.45, 7) is 4.92. The zero-order valence-corrected chi connectivity index (χ0v) is 10.2. The Bertz CT molecular complexity index is 265. The van der Waals surface area contributed by atoms with Crippen LogP contribution in [0.15, 0.2) is 11.9 Å². The molecule has 16 heavy (non-hydrogen) atoms. The fraction of sp³-hybridized carbons (Fsp3) is 0.818. The molecular weight excluding hydrogens is 204 g/mol. The first-order valence-corrected chi connectivity index (χ1v) is 5.72. The van der Waals surface area contributed by atoms with E-state index < -0.39 is 0 Å². The molecule has 0 bridgehead atoms. The summed E-state index contributed by atoms with van der Waals surface area (Å²) in [5.74, 6) is 6.29. The van der Waals surface area contributed by atoms with Gasteiger partial charge in [-0.05, 0) is 24.2 Å². The van der Waals surface area contributed by atoms with Crippen LogP contribution >= 0.6 is 0 Å². The Morgan fingerprint density at radius 1 is 1.50 bits per heavy atom. The van der Waals surface area contributed by atoms with Crippen LogP contribution in [-0.4, -0.2) is 29.3 Å². The van der Waals surface area contributed by atoms with Gasteiger partial charge in [0.1, 0.15) is 0 Å². The van der Waals surface area contributed by atoms with Gasteiger partial charge in [0.2, 0.25) is 0 Å². The van der Waals surface area contributed by atoms with Crippen LogP contribution in [0.1, 0.15) is 26.7 Å². The van der Waals surface area contributed by atoms with Crippen LogP contribution in [0.3, 0.4) is 0 Å². The molecule has 7 N–H and O–H groups in total. The van der Waals surface area contributed by atoms with Crippen molar-refractivity contribution in [1.29, 1.82) is 0 Å². The summed E-state index contributed by atoms with van der Waals surface area (Å²) in [6.07, 6.45) is 3.72. The Labute approximate surface area is 97.2 Å². The standard InChI is InChI=1S/C11H24N4O/c1-11(2)8(3-4-10(11)13)5-15(14)6-9(12)7-16/h6,8,10,16H,3-5,7,12-14H2,1-2H3/b9-6-/t8-,10-/m1/s1. The van der Waals surface area contributed by atoms with Gasteiger partial charge in [0, 0.05) is 18.8 Å². The zero-order chi connectivity index (χ0) is 12.3. The second-order valence-corrected chi connectivity index (χ2v) is 5.26. The van der Waals surface area contributed by atoms with Crippen LogP contribution in [-0.2, 0) is 0 Å². The lowest BCUT2D eigenvalue weighted by atomic mass is 9.79. The van der Waals surface area contributed by atoms with Crippen molar-refractivity contribution < 1.29 is 5.11 Å². The van der Waals surface area contributed by atoms with Crippen LogP contribution in [0.25, 0.3) is 0 Å². The molecule has 0 spiro atoms. The number of nitrogens with two attached hydrogens (primary N) is 3. The molecule has 5 heteroatoms. The lowest BCUT2D eigenvalue weighted by Gasteiger charge is -2.33. The van der Waals surface area contributed by atoms with E-state index in [2.05, 4.69) is 13.8 Å². The lowest BCUT2D eigenvalue weighted by molar-refractivity contribution is 0.181. The minimum absolute atomic E-state index is 0.111. The smallest absolute Gasteiger partial charge is 0.0840 e. The van der Waals surface area contributed by atoms with Gasteiger partial charge >= 0.3 is 0 Å². The van der Waals surface area contributed by atoms with Crippen LogP contribution in [0.4, 0.5) is 0 Å². The van der Waals surface area contributed by atoms with Gasteiger partial charge in [0.15, 0.2) is 0 Å². The number of aliphatic hydroxyl groups is 1. The van der Waals surface area contributed by atoms with Crippen LogP contribution in [0, 0.1) is 11.3 Å². The van der Waals surface area contributed by atoms with E-state index in [-0.39, 0.29) is 18.1 Å². The predicted molar refractivity (Wildman–Crippen MR) is 64.7 cm³/mol. The molecule has 1 rings (SSSR count). The summed E-state index contributed by atoms with van der Waals surface area (Å²) >= 11 is 0. The number of rotatable bonds is 4. The third-order valence-corrected chi connectivity index (χ3v) is 3.78. The third kappa shape index (κ3) is 2.87. The van der Waals surface area contributed by atoms with Gasteiger partial charge in [-0.15, -0.1) is 0 Å². The lowest BCUT2D eigenvalue weighted by Crippen LogP contribution is -2.41. The number of aliphatic hydroxyl groups excluding tert-OH is 1. The summed E-state index contributed by atoms with van der Waals surface area (Å²) in [4.78, 5) is 0. The summed E-state index contributed by atoms with van der Waals surface area (Å²) in [6, 6.07) is 0.241. The van der Waals surface area contributed by atoms with Crippen molar-refractivity contribution in [1.82, 2.24) is 5.01 Å². The molecule has 1 aliphatic rings. The van der Waals surface area contributed by atoms with E-state index in [0.717, 1.165) is 19.4 Å². The summed E-state index contributed by atoms with van der Waals surface area (Å²) in [5.41, 5.74) is 12.1. The molecule has 0 unspecified atom stereocenters. The second kappa shape index (κ2) is 5.03. The molecule has 2 atom stereocenters. The molecule has 1 aliphatic carbocycles. The Hall–Kier alpha value is -0.780. The Balaban J connectivity index is 2.55. The molecule has 0 heterocycles. The molecule has 94 valence electrons. The molecule has 0 aliphatic heterocycles. The van der Waals surface area contributed by atoms with Crippen molar-refractivity contribution in [3.8, 4) is 0 Å². The highest BCUT2D eigenvalue weighted by atomic mass is 16.3. The van der Waals surface area contributed by atoms with Crippen molar-refractivity contribution in [2.24, 2.45) is 28.6 Å². The Kier molecular flexibility index (Phi) is 4.18. The summed E-state index contributed by atoms with van der Waals surface area (Å²) in [7, 11) is 0. The van der Waals surface area contributed by atoms with Gasteiger partial charge in [0.05, 0.1) is 12.3 Å². The molecule has 1 saturated carbocycles. The largest absolute Gasteiger partial charge is 0.399 e. The molecule has 0 aromatic heterocycles. The van der Waals surface area contributed by atoms with E-state index in [1.165, 1.54) is 0 Å². The summed E-state index contributed by atoms with van der Waals surface area (Å²) in [5, 5.41) is 10.3. The van der Waals surface area contributed by atoms with E-state index in [1.807, 2.05) is 0 Å². The Morgan fingerprint density at radius 2 is 2.12 bits per heavy atom. The molecule has 0 aromatic rings. The van der Waals surface area contributed by atoms with E-state index in [0.29, 0.717) is 11.6 Å². The van der Waals surface area contributed by atoms with Gasteiger partial charge in [0.25, 0.3) is 0 Å². The van der Waals surface area contributed by atoms with Crippen molar-refractivity contribution in [2.75, 3.05) is 13.2 Å². The number of hydrogen-bond donors (Lipinski definition) is 4. The summed E-state index contributed by atoms with van der Waals surface area (Å²) < 4.78 is 0. The first kappa shape index (κ1) is 13.3. The first-order valence-electron chi connectivity index (χ1n) is 5.72. The highest BCUT2D eigenvalue weighted by Gasteiger charge is 2.41. The zero-order valence-electron chi connectivity index (χ0n) is 10.2. The monoisotopic (exact) mass is 228 g/mol. The highest BCUT2D eigenvalue weighted by molar-refractivity contribution is 4.98. The average molecular weight is 228 g/mol. The minimum Gasteiger partial charge on any atom is -0.399 e. The Morgan fingerprint density at radius 3 is 2.56 bits per heavy atom. The number of hydrazine groups is 1. The predicted octanol–water partition coefficient (Wildman–Crippen LogP) is -0.282. The molecule has 0 saturated heterocycles. The second-order valence-electron chi connectivity index (χ2n) is 5.26. The van der Waals surface area contributed by atoms with E-state index in [4.69, 9.17) is 22.4 Å². The van der Waals surface area contributed by atoms with Crippen molar-refractivity contribution in [3.05, 3.63) is 11.9 Å². The quantitative estimate of drug-likeness (QED) is 0.391. The minimum atomic E-state index is -0.165. The van der Waals surface area contributed by atoms with Crippen LogP contribution < -0.4 is 17.3 Å². The number of hydrogen-bond acceptors (Lipinski definition) is 5.